The molecule has 0 atom stereocenters. The molecule has 102 valence electrons. The number of hydrogen-bond acceptors (Lipinski definition) is 4. The number of methoxy groups -OCH3 is 1. The lowest BCUT2D eigenvalue weighted by molar-refractivity contribution is 0.102. The number of rotatable bonds is 3. The molecule has 1 aliphatic heterocycles. The Kier molecular flexibility index (Phi) is 3.16. The fourth-order valence-electron chi connectivity index (χ4n) is 1.92. The summed E-state index contributed by atoms with van der Waals surface area (Å²) < 4.78 is 15.5. The van der Waals surface area contributed by atoms with Crippen LogP contribution in [0.1, 0.15) is 10.4 Å². The van der Waals surface area contributed by atoms with Crippen LogP contribution in [0.25, 0.3) is 0 Å². The second-order valence-electron chi connectivity index (χ2n) is 4.25. The van der Waals surface area contributed by atoms with Crippen LogP contribution < -0.4 is 19.5 Å². The summed E-state index contributed by atoms with van der Waals surface area (Å²) in [5.41, 5.74) is 1.22. The predicted octanol–water partition coefficient (Wildman–Crippen LogP) is 2.68. The molecule has 2 aromatic rings. The molecule has 5 nitrogen and oxygen atoms in total. The van der Waals surface area contributed by atoms with Gasteiger partial charge < -0.3 is 19.5 Å². The standard InChI is InChI=1S/C15H13NO4/c1-18-12-5-2-10(3-6-12)15(17)16-11-4-7-13-14(8-11)20-9-19-13/h2-8H,9H2,1H3,(H,16,17). The number of nitrogens with one attached hydrogen (secondary N) is 1. The average molecular weight is 271 g/mol. The molecular weight excluding hydrogens is 258 g/mol. The van der Waals surface area contributed by atoms with Gasteiger partial charge in [0.05, 0.1) is 7.11 Å². The molecule has 5 heteroatoms. The van der Waals surface area contributed by atoms with E-state index in [-0.39, 0.29) is 12.7 Å². The maximum atomic E-state index is 12.1. The van der Waals surface area contributed by atoms with Crippen LogP contribution in [0.2, 0.25) is 0 Å². The van der Waals surface area contributed by atoms with E-state index < -0.39 is 0 Å². The highest BCUT2D eigenvalue weighted by Crippen LogP contribution is 2.34. The molecule has 0 fully saturated rings. The van der Waals surface area contributed by atoms with E-state index in [1.165, 1.54) is 0 Å². The average Bonchev–Trinajstić information content (AvgIpc) is 2.95. The summed E-state index contributed by atoms with van der Waals surface area (Å²) in [5, 5.41) is 2.81. The van der Waals surface area contributed by atoms with Gasteiger partial charge in [-0.05, 0) is 36.4 Å². The van der Waals surface area contributed by atoms with Crippen LogP contribution in [0.3, 0.4) is 0 Å². The summed E-state index contributed by atoms with van der Waals surface area (Å²) >= 11 is 0. The second-order valence-corrected chi connectivity index (χ2v) is 4.25. The predicted molar refractivity (Wildman–Crippen MR) is 73.5 cm³/mol. The van der Waals surface area contributed by atoms with Crippen LogP contribution in [0.15, 0.2) is 42.5 Å². The number of carbonyl (C=O) groups excluding carboxylic acids is 1. The Morgan fingerprint density at radius 1 is 1.10 bits per heavy atom. The van der Waals surface area contributed by atoms with Crippen molar-refractivity contribution in [2.45, 2.75) is 0 Å². The Morgan fingerprint density at radius 2 is 1.85 bits per heavy atom. The summed E-state index contributed by atoms with van der Waals surface area (Å²) in [7, 11) is 1.59. The molecule has 1 aliphatic rings. The van der Waals surface area contributed by atoms with E-state index in [1.54, 1.807) is 49.6 Å². The third kappa shape index (κ3) is 2.38. The summed E-state index contributed by atoms with van der Waals surface area (Å²) in [4.78, 5) is 12.1. The highest BCUT2D eigenvalue weighted by Gasteiger charge is 2.14. The van der Waals surface area contributed by atoms with Crippen molar-refractivity contribution in [3.63, 3.8) is 0 Å². The Morgan fingerprint density at radius 3 is 2.60 bits per heavy atom. The Labute approximate surface area is 116 Å². The number of hydrogen-bond donors (Lipinski definition) is 1. The van der Waals surface area contributed by atoms with Crippen LogP contribution in [-0.2, 0) is 0 Å². The van der Waals surface area contributed by atoms with Crippen LogP contribution in [-0.4, -0.2) is 19.8 Å². The van der Waals surface area contributed by atoms with E-state index in [0.717, 1.165) is 0 Å². The van der Waals surface area contributed by atoms with Gasteiger partial charge in [0, 0.05) is 17.3 Å². The fourth-order valence-corrected chi connectivity index (χ4v) is 1.92. The van der Waals surface area contributed by atoms with Crippen molar-refractivity contribution in [1.82, 2.24) is 0 Å². The number of ether oxygens (including phenoxy) is 3. The summed E-state index contributed by atoms with van der Waals surface area (Å²) in [6.45, 7) is 0.214. The van der Waals surface area contributed by atoms with Crippen molar-refractivity contribution in [3.05, 3.63) is 48.0 Å². The zero-order valence-electron chi connectivity index (χ0n) is 10.9. The van der Waals surface area contributed by atoms with Gasteiger partial charge in [-0.2, -0.15) is 0 Å². The molecule has 0 saturated carbocycles. The van der Waals surface area contributed by atoms with Crippen molar-refractivity contribution in [2.75, 3.05) is 19.2 Å². The minimum Gasteiger partial charge on any atom is -0.497 e. The normalized spacial score (nSPS) is 12.1. The molecule has 1 heterocycles. The monoisotopic (exact) mass is 271 g/mol. The van der Waals surface area contributed by atoms with Crippen molar-refractivity contribution in [3.8, 4) is 17.2 Å². The first-order valence-corrected chi connectivity index (χ1v) is 6.11. The van der Waals surface area contributed by atoms with Gasteiger partial charge in [-0.15, -0.1) is 0 Å². The Balaban J connectivity index is 1.75. The minimum absolute atomic E-state index is 0.188. The van der Waals surface area contributed by atoms with Gasteiger partial charge in [0.25, 0.3) is 5.91 Å². The Bertz CT molecular complexity index is 637. The number of fused-ring (bicyclic) bond motifs is 1. The second kappa shape index (κ2) is 5.13. The van der Waals surface area contributed by atoms with Crippen molar-refractivity contribution >= 4 is 11.6 Å². The van der Waals surface area contributed by atoms with Crippen molar-refractivity contribution in [2.24, 2.45) is 0 Å². The lowest BCUT2D eigenvalue weighted by Gasteiger charge is -2.07. The van der Waals surface area contributed by atoms with E-state index in [1.807, 2.05) is 0 Å². The van der Waals surface area contributed by atoms with E-state index in [4.69, 9.17) is 14.2 Å². The molecule has 0 bridgehead atoms. The molecule has 0 aromatic heterocycles. The number of anilines is 1. The molecule has 0 radical (unpaired) electrons. The van der Waals surface area contributed by atoms with Gasteiger partial charge >= 0.3 is 0 Å². The number of carbonyl (C=O) groups is 1. The van der Waals surface area contributed by atoms with Crippen LogP contribution >= 0.6 is 0 Å². The summed E-state index contributed by atoms with van der Waals surface area (Å²) in [6, 6.07) is 12.2. The van der Waals surface area contributed by atoms with Gasteiger partial charge in [0.2, 0.25) is 6.79 Å². The van der Waals surface area contributed by atoms with Gasteiger partial charge in [0.15, 0.2) is 11.5 Å². The Hall–Kier alpha value is -2.69. The topological polar surface area (TPSA) is 56.8 Å². The molecule has 1 N–H and O–H groups in total. The first kappa shape index (κ1) is 12.3. The first-order valence-electron chi connectivity index (χ1n) is 6.11. The molecule has 0 spiro atoms. The summed E-state index contributed by atoms with van der Waals surface area (Å²) in [6.07, 6.45) is 0. The number of benzene rings is 2. The maximum Gasteiger partial charge on any atom is 0.255 e. The lowest BCUT2D eigenvalue weighted by Crippen LogP contribution is -2.11. The smallest absolute Gasteiger partial charge is 0.255 e. The molecule has 3 rings (SSSR count). The lowest BCUT2D eigenvalue weighted by atomic mass is 10.2. The molecule has 20 heavy (non-hydrogen) atoms. The molecular formula is C15H13NO4. The molecule has 0 saturated heterocycles. The number of amides is 1. The van der Waals surface area contributed by atoms with Crippen molar-refractivity contribution in [1.29, 1.82) is 0 Å². The zero-order chi connectivity index (χ0) is 13.9. The third-order valence-electron chi connectivity index (χ3n) is 2.98. The van der Waals surface area contributed by atoms with Gasteiger partial charge in [-0.25, -0.2) is 0 Å². The van der Waals surface area contributed by atoms with Gasteiger partial charge in [-0.1, -0.05) is 0 Å². The maximum absolute atomic E-state index is 12.1. The zero-order valence-corrected chi connectivity index (χ0v) is 10.9. The van der Waals surface area contributed by atoms with Gasteiger partial charge in [0.1, 0.15) is 5.75 Å². The highest BCUT2D eigenvalue weighted by atomic mass is 16.7. The summed E-state index contributed by atoms with van der Waals surface area (Å²) in [5.74, 6) is 1.85. The fraction of sp³-hybridized carbons (Fsp3) is 0.133. The van der Waals surface area contributed by atoms with Crippen molar-refractivity contribution < 1.29 is 19.0 Å². The first-order chi connectivity index (χ1) is 9.76. The van der Waals surface area contributed by atoms with Crippen LogP contribution in [0.4, 0.5) is 5.69 Å². The van der Waals surface area contributed by atoms with E-state index in [2.05, 4.69) is 5.32 Å². The molecule has 1 amide bonds. The molecule has 0 unspecified atom stereocenters. The largest absolute Gasteiger partial charge is 0.497 e. The van der Waals surface area contributed by atoms with Gasteiger partial charge in [-0.3, -0.25) is 4.79 Å². The highest BCUT2D eigenvalue weighted by molar-refractivity contribution is 6.04. The van der Waals surface area contributed by atoms with E-state index in [0.29, 0.717) is 28.5 Å². The van der Waals surface area contributed by atoms with E-state index in [9.17, 15) is 4.79 Å². The molecule has 0 aliphatic carbocycles. The minimum atomic E-state index is -0.188. The van der Waals surface area contributed by atoms with Crippen LogP contribution in [0, 0.1) is 0 Å². The SMILES string of the molecule is COc1ccc(C(=O)Nc2ccc3c(c2)OCO3)cc1. The van der Waals surface area contributed by atoms with Crippen LogP contribution in [0.5, 0.6) is 17.2 Å². The quantitative estimate of drug-likeness (QED) is 0.932. The van der Waals surface area contributed by atoms with E-state index >= 15 is 0 Å². The molecule has 2 aromatic carbocycles. The third-order valence-corrected chi connectivity index (χ3v) is 2.98.